The van der Waals surface area contributed by atoms with Gasteiger partial charge in [-0.1, -0.05) is 0 Å². The highest BCUT2D eigenvalue weighted by Gasteiger charge is 2.39. The number of rotatable bonds is 0. The molecule has 0 aliphatic heterocycles. The molecule has 0 fully saturated rings. The van der Waals surface area contributed by atoms with Gasteiger partial charge < -0.3 is 0 Å². The molecule has 0 saturated carbocycles. The summed E-state index contributed by atoms with van der Waals surface area (Å²) in [4.78, 5) is 0. The average Bonchev–Trinajstić information content (AvgIpc) is 2.09. The first-order chi connectivity index (χ1) is 6.68. The third-order valence-electron chi connectivity index (χ3n) is 1.49. The van der Waals surface area contributed by atoms with Crippen molar-refractivity contribution in [2.75, 3.05) is 0 Å². The van der Waals surface area contributed by atoms with E-state index in [4.69, 9.17) is 0 Å². The summed E-state index contributed by atoms with van der Waals surface area (Å²) < 4.78 is 62.9. The number of hydrogen-bond donors (Lipinski definition) is 0. The van der Waals surface area contributed by atoms with Gasteiger partial charge in [-0.3, -0.25) is 0 Å². The van der Waals surface area contributed by atoms with Crippen LogP contribution in [-0.4, -0.2) is 0 Å². The number of alkyl halides is 3. The molecule has 0 aliphatic rings. The Kier molecular flexibility index (Phi) is 4.46. The zero-order valence-electron chi connectivity index (χ0n) is 6.52. The Hall–Kier alpha value is 1.06. The third-order valence-corrected chi connectivity index (χ3v) is 6.73. The molecule has 0 N–H and O–H groups in total. The zero-order valence-corrected chi connectivity index (χ0v) is 13.0. The molecule has 0 atom stereocenters. The lowest BCUT2D eigenvalue weighted by atomic mass is 10.2. The van der Waals surface area contributed by atoms with Crippen molar-refractivity contribution in [2.45, 2.75) is 6.18 Å². The van der Waals surface area contributed by atoms with Crippen molar-refractivity contribution < 1.29 is 22.0 Å². The van der Waals surface area contributed by atoms with Crippen LogP contribution >= 0.6 is 67.8 Å². The van der Waals surface area contributed by atoms with E-state index in [-0.39, 0.29) is 10.7 Å². The fraction of sp³-hybridized carbons (Fsp3) is 0.143. The highest BCUT2D eigenvalue weighted by Crippen LogP contribution is 2.39. The van der Waals surface area contributed by atoms with Gasteiger partial charge >= 0.3 is 6.18 Å². The van der Waals surface area contributed by atoms with Crippen LogP contribution in [0.25, 0.3) is 0 Å². The van der Waals surface area contributed by atoms with Gasteiger partial charge in [0.15, 0.2) is 11.6 Å². The van der Waals surface area contributed by atoms with Crippen LogP contribution in [-0.2, 0) is 6.18 Å². The molecule has 0 radical (unpaired) electrons. The quantitative estimate of drug-likeness (QED) is 0.186. The van der Waals surface area contributed by atoms with Crippen LogP contribution in [0.3, 0.4) is 0 Å². The lowest BCUT2D eigenvalue weighted by Gasteiger charge is -2.13. The Morgan fingerprint density at radius 3 is 1.60 bits per heavy atom. The van der Waals surface area contributed by atoms with Gasteiger partial charge in [-0.25, -0.2) is 8.78 Å². The predicted octanol–water partition coefficient (Wildman–Crippen LogP) is 4.80. The van der Waals surface area contributed by atoms with Gasteiger partial charge in [0.1, 0.15) is 5.56 Å². The summed E-state index contributed by atoms with van der Waals surface area (Å²) in [5.74, 6) is -3.29. The van der Waals surface area contributed by atoms with E-state index in [9.17, 15) is 22.0 Å². The molecule has 1 aromatic carbocycles. The molecule has 0 bridgehead atoms. The maximum Gasteiger partial charge on any atom is 0.420 e. The van der Waals surface area contributed by atoms with E-state index in [1.165, 1.54) is 45.2 Å². The van der Waals surface area contributed by atoms with Crippen LogP contribution in [0.2, 0.25) is 0 Å². The number of benzene rings is 1. The maximum absolute atomic E-state index is 13.1. The third kappa shape index (κ3) is 2.66. The van der Waals surface area contributed by atoms with Crippen LogP contribution in [0.5, 0.6) is 0 Å². The zero-order chi connectivity index (χ0) is 12.0. The molecular formula is C7F5I3. The van der Waals surface area contributed by atoms with Crippen molar-refractivity contribution in [3.05, 3.63) is 27.9 Å². The van der Waals surface area contributed by atoms with Gasteiger partial charge in [0, 0.05) is 7.14 Å². The average molecular weight is 560 g/mol. The molecule has 0 spiro atoms. The second-order valence-electron chi connectivity index (χ2n) is 2.44. The van der Waals surface area contributed by atoms with Gasteiger partial charge in [0.2, 0.25) is 0 Å². The summed E-state index contributed by atoms with van der Waals surface area (Å²) >= 11 is 4.38. The molecule has 15 heavy (non-hydrogen) atoms. The van der Waals surface area contributed by atoms with E-state index in [0.29, 0.717) is 0 Å². The smallest absolute Gasteiger partial charge is 0.203 e. The highest BCUT2D eigenvalue weighted by molar-refractivity contribution is 14.1. The Labute approximate surface area is 122 Å². The second kappa shape index (κ2) is 4.74. The fourth-order valence-electron chi connectivity index (χ4n) is 0.854. The highest BCUT2D eigenvalue weighted by atomic mass is 127. The lowest BCUT2D eigenvalue weighted by molar-refractivity contribution is -0.141. The first kappa shape index (κ1) is 14.1. The number of halogens is 8. The van der Waals surface area contributed by atoms with Crippen molar-refractivity contribution in [3.8, 4) is 0 Å². The van der Waals surface area contributed by atoms with Crippen molar-refractivity contribution in [2.24, 2.45) is 0 Å². The van der Waals surface area contributed by atoms with E-state index in [2.05, 4.69) is 0 Å². The van der Waals surface area contributed by atoms with Crippen LogP contribution in [0.4, 0.5) is 22.0 Å². The predicted molar refractivity (Wildman–Crippen MR) is 69.5 cm³/mol. The van der Waals surface area contributed by atoms with Crippen molar-refractivity contribution >= 4 is 67.8 Å². The van der Waals surface area contributed by atoms with Gasteiger partial charge in [0.25, 0.3) is 0 Å². The standard InChI is InChI=1S/C7F5I3/c8-2-1(7(10,11)12)4(13)6(15)5(14)3(2)9. The first-order valence-electron chi connectivity index (χ1n) is 3.26. The molecule has 0 nitrogen and oxygen atoms in total. The molecule has 0 saturated heterocycles. The summed E-state index contributed by atoms with van der Waals surface area (Å²) in [5, 5.41) is 0. The molecule has 0 aliphatic carbocycles. The first-order valence-corrected chi connectivity index (χ1v) is 6.50. The van der Waals surface area contributed by atoms with Gasteiger partial charge in [-0.05, 0) is 67.8 Å². The van der Waals surface area contributed by atoms with E-state index >= 15 is 0 Å². The van der Waals surface area contributed by atoms with Crippen LogP contribution in [0, 0.1) is 22.3 Å². The SMILES string of the molecule is Fc1c(F)c(C(F)(F)F)c(I)c(I)c1I. The molecule has 1 aromatic rings. The summed E-state index contributed by atoms with van der Waals surface area (Å²) in [6.07, 6.45) is -4.88. The Morgan fingerprint density at radius 1 is 0.733 bits per heavy atom. The Morgan fingerprint density at radius 2 is 1.20 bits per heavy atom. The summed E-state index contributed by atoms with van der Waals surface area (Å²) in [6, 6.07) is 0. The maximum atomic E-state index is 13.1. The van der Waals surface area contributed by atoms with Gasteiger partial charge in [-0.15, -0.1) is 0 Å². The number of hydrogen-bond acceptors (Lipinski definition) is 0. The molecule has 0 aromatic heterocycles. The molecule has 0 heterocycles. The van der Waals surface area contributed by atoms with Gasteiger partial charge in [0.05, 0.1) is 3.57 Å². The van der Waals surface area contributed by atoms with E-state index < -0.39 is 23.4 Å². The van der Waals surface area contributed by atoms with Crippen LogP contribution in [0.15, 0.2) is 0 Å². The molecule has 1 rings (SSSR count). The van der Waals surface area contributed by atoms with Crippen molar-refractivity contribution in [3.63, 3.8) is 0 Å². The van der Waals surface area contributed by atoms with E-state index in [0.717, 1.165) is 0 Å². The Balaban J connectivity index is 3.68. The topological polar surface area (TPSA) is 0 Å². The molecule has 84 valence electrons. The normalized spacial score (nSPS) is 12.0. The van der Waals surface area contributed by atoms with Crippen LogP contribution < -0.4 is 0 Å². The second-order valence-corrected chi connectivity index (χ2v) is 5.68. The molecule has 0 unspecified atom stereocenters. The minimum Gasteiger partial charge on any atom is -0.203 e. The summed E-state index contributed by atoms with van der Waals surface area (Å²) in [5.41, 5.74) is -1.54. The van der Waals surface area contributed by atoms with Gasteiger partial charge in [-0.2, -0.15) is 13.2 Å². The Bertz CT molecular complexity index is 383. The molecule has 8 heteroatoms. The monoisotopic (exact) mass is 560 g/mol. The largest absolute Gasteiger partial charge is 0.420 e. The fourth-order valence-corrected chi connectivity index (χ4v) is 3.19. The van der Waals surface area contributed by atoms with E-state index in [1.54, 1.807) is 22.6 Å². The van der Waals surface area contributed by atoms with Crippen LogP contribution in [0.1, 0.15) is 5.56 Å². The van der Waals surface area contributed by atoms with E-state index in [1.807, 2.05) is 0 Å². The minimum absolute atomic E-state index is 0.0695. The lowest BCUT2D eigenvalue weighted by Crippen LogP contribution is -2.15. The minimum atomic E-state index is -4.88. The molecular weight excluding hydrogens is 560 g/mol. The summed E-state index contributed by atoms with van der Waals surface area (Å²) in [6.45, 7) is 0. The molecule has 0 amide bonds. The summed E-state index contributed by atoms with van der Waals surface area (Å²) in [7, 11) is 0. The van der Waals surface area contributed by atoms with Crippen molar-refractivity contribution in [1.29, 1.82) is 0 Å². The van der Waals surface area contributed by atoms with Crippen molar-refractivity contribution in [1.82, 2.24) is 0 Å².